The molecule has 0 fully saturated rings. The summed E-state index contributed by atoms with van der Waals surface area (Å²) in [5.74, 6) is -1.55. The largest absolute Gasteiger partial charge is 1.00 e. The van der Waals surface area contributed by atoms with Crippen molar-refractivity contribution in [2.45, 2.75) is 38.8 Å². The van der Waals surface area contributed by atoms with E-state index in [0.29, 0.717) is 18.1 Å². The second-order valence-electron chi connectivity index (χ2n) is 14.7. The molecular formula is C40H39N12Na5O21S7. The Morgan fingerprint density at radius 3 is 1.66 bits per heavy atom. The van der Waals surface area contributed by atoms with Gasteiger partial charge in [0, 0.05) is 23.6 Å². The van der Waals surface area contributed by atoms with Crippen LogP contribution in [0.15, 0.2) is 142 Å². The van der Waals surface area contributed by atoms with Gasteiger partial charge in [0.25, 0.3) is 0 Å². The van der Waals surface area contributed by atoms with Crippen LogP contribution in [-0.2, 0) is 76.4 Å². The van der Waals surface area contributed by atoms with Gasteiger partial charge in [0.05, 0.1) is 72.6 Å². The Balaban J connectivity index is 0.0000118. The van der Waals surface area contributed by atoms with Crippen LogP contribution in [0.5, 0.6) is 0 Å². The minimum atomic E-state index is -5.42. The molecule has 432 valence electrons. The number of aromatic nitrogens is 3. The predicted octanol–water partition coefficient (Wildman–Crippen LogP) is -10.6. The Morgan fingerprint density at radius 2 is 1.09 bits per heavy atom. The third-order valence-corrected chi connectivity index (χ3v) is 16.4. The topological polar surface area (TPSA) is 493 Å². The maximum absolute atomic E-state index is 13.3. The number of hydrogen-bond acceptors (Lipinski definition) is 36. The molecule has 0 unspecified atom stereocenters. The fourth-order valence-corrected chi connectivity index (χ4v) is 10.8. The van der Waals surface area contributed by atoms with Crippen molar-refractivity contribution in [3.05, 3.63) is 97.1 Å². The molecule has 1 heterocycles. The number of hydrogen-bond donors (Lipinski definition) is 4. The van der Waals surface area contributed by atoms with Crippen molar-refractivity contribution >= 4 is 146 Å². The van der Waals surface area contributed by atoms with E-state index in [9.17, 15) is 58.5 Å². The number of benzene rings is 5. The van der Waals surface area contributed by atoms with E-state index in [1.54, 1.807) is 13.0 Å². The molecule has 0 saturated carbocycles. The average Bonchev–Trinajstić information content (AvgIpc) is 3.61. The third kappa shape index (κ3) is 25.0. The second kappa shape index (κ2) is 39.8. The Bertz CT molecular complexity index is 3660. The van der Waals surface area contributed by atoms with E-state index in [1.807, 2.05) is 0 Å². The van der Waals surface area contributed by atoms with Crippen LogP contribution in [0.1, 0.15) is 14.4 Å². The number of nitrogens with zero attached hydrogens (tertiary/aromatic N) is 8. The molecule has 45 heteroatoms. The van der Waals surface area contributed by atoms with Gasteiger partial charge in [-0.3, -0.25) is 23.5 Å². The van der Waals surface area contributed by atoms with Crippen molar-refractivity contribution in [2.24, 2.45) is 20.5 Å². The molecule has 6 rings (SSSR count). The average molecular weight is 1360 g/mol. The molecular weight excluding hydrogens is 1320 g/mol. The van der Waals surface area contributed by atoms with Crippen molar-refractivity contribution in [1.82, 2.24) is 15.0 Å². The normalized spacial score (nSPS) is 11.5. The third-order valence-electron chi connectivity index (χ3n) is 9.83. The summed E-state index contributed by atoms with van der Waals surface area (Å²) in [7, 11) is -18.4. The monoisotopic (exact) mass is 1360 g/mol. The van der Waals surface area contributed by atoms with E-state index >= 15 is 0 Å². The molecule has 6 aromatic rings. The second-order valence-corrected chi connectivity index (χ2v) is 23.4. The molecule has 85 heavy (non-hydrogen) atoms. The fourth-order valence-electron chi connectivity index (χ4n) is 6.36. The quantitative estimate of drug-likeness (QED) is 0.00475. The van der Waals surface area contributed by atoms with Crippen molar-refractivity contribution in [3.63, 3.8) is 0 Å². The summed E-state index contributed by atoms with van der Waals surface area (Å²) in [4.78, 5) is 12.9. The molecule has 1 aromatic heterocycles. The Hall–Kier alpha value is -1.36. The number of rotatable bonds is 30. The first-order chi connectivity index (χ1) is 37.6. The zero-order valence-electron chi connectivity index (χ0n) is 44.4. The standard InChI is InChI=1S/C39H40N12O21S7.CH4.5Na/c1-2-51(25-6-5-7-27(21-25)77(57,58)19-17-66-75-72-69-54)39-45-37(42-23-10-13-26(14-11-23)76(55,56)18-16-65-74-71-68-53)44-38(46-39)43-24-12-15-31(73-70-67-52)29(20-24)48-50-36-34(40)30(22-33(35(36)41)79(62,63)64)49-47-28-8-3-4-9-32(28)78(59,60)61;;;;;;/h3-15,20-22,52-54H,2,16-19,40-41H2,1H3,(H,59,60,61)(H,62,63,64)(H2,42,43,44,45,46);1H4;;;;;/q;;5*+1/p-5. The number of sulfone groups is 2. The molecule has 0 spiro atoms. The smallest absolute Gasteiger partial charge is 0.744 e. The number of azo groups is 2. The number of anilines is 8. The van der Waals surface area contributed by atoms with E-state index < -0.39 is 96.3 Å². The van der Waals surface area contributed by atoms with Gasteiger partial charge in [0.15, 0.2) is 44.3 Å². The number of nitrogen functional groups attached to an aromatic ring is 2. The summed E-state index contributed by atoms with van der Waals surface area (Å²) < 4.78 is 147. The summed E-state index contributed by atoms with van der Waals surface area (Å²) in [5.41, 5.74) is 9.68. The van der Waals surface area contributed by atoms with Gasteiger partial charge in [-0.1, -0.05) is 25.6 Å². The first-order valence-electron chi connectivity index (χ1n) is 21.1. The van der Waals surface area contributed by atoms with Gasteiger partial charge < -0.3 is 51.9 Å². The van der Waals surface area contributed by atoms with Crippen molar-refractivity contribution < 1.29 is 243 Å². The van der Waals surface area contributed by atoms with E-state index in [1.165, 1.54) is 77.7 Å². The molecule has 0 saturated heterocycles. The Morgan fingerprint density at radius 1 is 0.565 bits per heavy atom. The van der Waals surface area contributed by atoms with Crippen LogP contribution in [0.3, 0.4) is 0 Å². The molecule has 0 bridgehead atoms. The Kier molecular flexibility index (Phi) is 39.2. The number of nitrogens with two attached hydrogens (primary N) is 2. The molecule has 0 aliphatic carbocycles. The summed E-state index contributed by atoms with van der Waals surface area (Å²) in [5, 5.41) is 62.2. The van der Waals surface area contributed by atoms with Gasteiger partial charge in [-0.2, -0.15) is 19.3 Å². The molecule has 5 aromatic carbocycles. The van der Waals surface area contributed by atoms with Gasteiger partial charge >= 0.3 is 148 Å². The molecule has 6 N–H and O–H groups in total. The van der Waals surface area contributed by atoms with Crippen LogP contribution in [0.4, 0.5) is 69.0 Å². The predicted molar refractivity (Wildman–Crippen MR) is 275 cm³/mol. The summed E-state index contributed by atoms with van der Waals surface area (Å²) >= 11 is 0.600. The first kappa shape index (κ1) is 83.6. The summed E-state index contributed by atoms with van der Waals surface area (Å²) in [6.45, 7) is 1.01. The van der Waals surface area contributed by atoms with Crippen LogP contribution in [0.2, 0.25) is 0 Å². The van der Waals surface area contributed by atoms with Crippen LogP contribution in [-0.4, -0.2) is 89.0 Å². The molecule has 0 atom stereocenters. The maximum atomic E-state index is 13.3. The van der Waals surface area contributed by atoms with Gasteiger partial charge in [0.2, 0.25) is 17.8 Å². The van der Waals surface area contributed by atoms with Gasteiger partial charge in [0.1, 0.15) is 43.0 Å². The SMILES string of the molecule is C.CCN(c1cccc(S(=O)(=O)CCOSOO[O-])c1)c1nc(Nc2ccc(S(=O)(=O)CCOSOO[O-])cc2)nc(Nc2ccc(SOO[O-])c(N=Nc3c(N)c(N=Nc4ccccc4S(=O)(=O)[O-])cc(S(=O)(=O)[O-])c3N)c2)n1.[Na+].[Na+].[Na+].[Na+].[Na+]. The first-order valence-corrected chi connectivity index (χ1v) is 29.3. The van der Waals surface area contributed by atoms with Gasteiger partial charge in [-0.15, -0.1) is 29.1 Å². The van der Waals surface area contributed by atoms with Crippen molar-refractivity contribution in [1.29, 1.82) is 0 Å². The minimum absolute atomic E-state index is 0. The van der Waals surface area contributed by atoms with Crippen LogP contribution in [0, 0.1) is 0 Å². The van der Waals surface area contributed by atoms with Gasteiger partial charge in [-0.25, -0.2) is 33.7 Å². The van der Waals surface area contributed by atoms with E-state index in [4.69, 9.17) is 19.8 Å². The number of nitrogens with one attached hydrogen (secondary N) is 2. The van der Waals surface area contributed by atoms with E-state index in [0.717, 1.165) is 12.1 Å². The molecule has 0 amide bonds. The van der Waals surface area contributed by atoms with Crippen LogP contribution >= 0.6 is 36.7 Å². The van der Waals surface area contributed by atoms with E-state index in [2.05, 4.69) is 74.2 Å². The van der Waals surface area contributed by atoms with Crippen molar-refractivity contribution in [2.75, 3.05) is 58.3 Å². The summed E-state index contributed by atoms with van der Waals surface area (Å²) in [6, 6.07) is 20.2. The summed E-state index contributed by atoms with van der Waals surface area (Å²) in [6.07, 6.45) is 0. The molecule has 33 nitrogen and oxygen atoms in total. The maximum Gasteiger partial charge on any atom is 1.00 e. The zero-order valence-corrected chi connectivity index (χ0v) is 60.2. The fraction of sp³-hybridized carbons (Fsp3) is 0.175. The van der Waals surface area contributed by atoms with E-state index in [-0.39, 0.29) is 248 Å². The van der Waals surface area contributed by atoms with Crippen LogP contribution in [0.25, 0.3) is 0 Å². The Labute approximate surface area is 609 Å². The molecule has 0 radical (unpaired) electrons. The minimum Gasteiger partial charge on any atom is -0.744 e. The molecule has 0 aliphatic rings. The molecule has 0 aliphatic heterocycles. The van der Waals surface area contributed by atoms with Gasteiger partial charge in [-0.05, 0) is 85.8 Å². The zero-order chi connectivity index (χ0) is 57.4. The van der Waals surface area contributed by atoms with Crippen LogP contribution < -0.4 is 191 Å². The van der Waals surface area contributed by atoms with Crippen molar-refractivity contribution in [3.8, 4) is 0 Å².